The molecule has 0 aliphatic heterocycles. The summed E-state index contributed by atoms with van der Waals surface area (Å²) in [5, 5.41) is 11.2. The Bertz CT molecular complexity index is 756. The number of hydrogen-bond acceptors (Lipinski definition) is 4. The summed E-state index contributed by atoms with van der Waals surface area (Å²) in [5.74, 6) is -1.26. The van der Waals surface area contributed by atoms with Crippen LogP contribution in [0.15, 0.2) is 40.6 Å². The number of carboxylic acids is 1. The van der Waals surface area contributed by atoms with E-state index in [0.29, 0.717) is 15.5 Å². The van der Waals surface area contributed by atoms with Gasteiger partial charge in [-0.1, -0.05) is 23.7 Å². The fraction of sp³-hybridized carbons (Fsp3) is 0.154. The van der Waals surface area contributed by atoms with Gasteiger partial charge in [-0.25, -0.2) is 8.42 Å². The highest BCUT2D eigenvalue weighted by molar-refractivity contribution is 7.89. The van der Waals surface area contributed by atoms with Gasteiger partial charge in [0.15, 0.2) is 6.04 Å². The lowest BCUT2D eigenvalue weighted by molar-refractivity contribution is -0.139. The molecule has 0 fully saturated rings. The Morgan fingerprint density at radius 1 is 1.33 bits per heavy atom. The number of nitrogens with one attached hydrogen (secondary N) is 1. The maximum atomic E-state index is 12.4. The van der Waals surface area contributed by atoms with Gasteiger partial charge in [-0.05, 0) is 36.1 Å². The van der Waals surface area contributed by atoms with Crippen molar-refractivity contribution < 1.29 is 18.3 Å². The first kappa shape index (κ1) is 16.0. The highest BCUT2D eigenvalue weighted by Gasteiger charge is 2.28. The summed E-state index contributed by atoms with van der Waals surface area (Å²) in [6, 6.07) is 6.37. The number of halogens is 1. The Morgan fingerprint density at radius 2 is 2.05 bits per heavy atom. The van der Waals surface area contributed by atoms with Crippen molar-refractivity contribution in [2.75, 3.05) is 0 Å². The number of benzene rings is 1. The van der Waals surface area contributed by atoms with Crippen LogP contribution in [0.3, 0.4) is 0 Å². The molecule has 0 saturated carbocycles. The first-order chi connectivity index (χ1) is 9.83. The Labute approximate surface area is 131 Å². The van der Waals surface area contributed by atoms with Crippen molar-refractivity contribution in [3.8, 4) is 0 Å². The van der Waals surface area contributed by atoms with E-state index < -0.39 is 22.0 Å². The molecule has 0 bridgehead atoms. The molecular weight excluding hydrogens is 334 g/mol. The molecule has 2 N–H and O–H groups in total. The summed E-state index contributed by atoms with van der Waals surface area (Å²) in [6.45, 7) is 1.57. The number of thiophene rings is 1. The van der Waals surface area contributed by atoms with Crippen LogP contribution in [-0.2, 0) is 14.8 Å². The van der Waals surface area contributed by atoms with Gasteiger partial charge in [-0.15, -0.1) is 11.3 Å². The second-order valence-corrected chi connectivity index (χ2v) is 7.34. The van der Waals surface area contributed by atoms with Crippen LogP contribution < -0.4 is 4.72 Å². The molecule has 21 heavy (non-hydrogen) atoms. The lowest BCUT2D eigenvalue weighted by atomic mass is 10.2. The molecule has 2 rings (SSSR count). The molecule has 1 aromatic carbocycles. The summed E-state index contributed by atoms with van der Waals surface area (Å²) in [4.78, 5) is 11.7. The minimum absolute atomic E-state index is 0.0298. The SMILES string of the molecule is Cc1c(Cl)cccc1S(=O)(=O)NC(C(=O)O)c1cccs1. The monoisotopic (exact) mass is 345 g/mol. The number of carboxylic acid groups (broad SMARTS) is 1. The van der Waals surface area contributed by atoms with Gasteiger partial charge in [0.1, 0.15) is 0 Å². The molecule has 5 nitrogen and oxygen atoms in total. The van der Waals surface area contributed by atoms with E-state index in [0.717, 1.165) is 0 Å². The summed E-state index contributed by atoms with van der Waals surface area (Å²) in [7, 11) is -3.99. The molecule has 8 heteroatoms. The Hall–Kier alpha value is -1.41. The third kappa shape index (κ3) is 3.44. The Kier molecular flexibility index (Phi) is 4.67. The van der Waals surface area contributed by atoms with Gasteiger partial charge in [-0.3, -0.25) is 4.79 Å². The van der Waals surface area contributed by atoms with Gasteiger partial charge in [0, 0.05) is 9.90 Å². The van der Waals surface area contributed by atoms with Crippen molar-refractivity contribution in [3.63, 3.8) is 0 Å². The van der Waals surface area contributed by atoms with Crippen LogP contribution in [0.1, 0.15) is 16.5 Å². The van der Waals surface area contributed by atoms with Gasteiger partial charge >= 0.3 is 5.97 Å². The Morgan fingerprint density at radius 3 is 2.62 bits per heavy atom. The number of aliphatic carboxylic acids is 1. The van der Waals surface area contributed by atoms with Gasteiger partial charge in [-0.2, -0.15) is 4.72 Å². The summed E-state index contributed by atoms with van der Waals surface area (Å²) < 4.78 is 27.0. The number of rotatable bonds is 5. The topological polar surface area (TPSA) is 83.5 Å². The highest BCUT2D eigenvalue weighted by Crippen LogP contribution is 2.26. The van der Waals surface area contributed by atoms with Crippen LogP contribution in [0.25, 0.3) is 0 Å². The molecule has 2 aromatic rings. The zero-order valence-corrected chi connectivity index (χ0v) is 13.3. The largest absolute Gasteiger partial charge is 0.480 e. The summed E-state index contributed by atoms with van der Waals surface area (Å²) in [5.41, 5.74) is 0.377. The van der Waals surface area contributed by atoms with Crippen LogP contribution in [0.5, 0.6) is 0 Å². The lowest BCUT2D eigenvalue weighted by Gasteiger charge is -2.15. The minimum atomic E-state index is -3.99. The fourth-order valence-corrected chi connectivity index (χ4v) is 4.29. The van der Waals surface area contributed by atoms with Crippen molar-refractivity contribution in [1.82, 2.24) is 4.72 Å². The van der Waals surface area contributed by atoms with E-state index in [2.05, 4.69) is 4.72 Å². The van der Waals surface area contributed by atoms with E-state index >= 15 is 0 Å². The molecule has 0 spiro atoms. The standard InChI is InChI=1S/C13H12ClNO4S2/c1-8-9(14)4-2-6-11(8)21(18,19)15-12(13(16)17)10-5-3-7-20-10/h2-7,12,15H,1H3,(H,16,17). The zero-order chi connectivity index (χ0) is 15.6. The average molecular weight is 346 g/mol. The number of sulfonamides is 1. The molecular formula is C13H12ClNO4S2. The molecule has 0 amide bonds. The average Bonchev–Trinajstić information content (AvgIpc) is 2.92. The second kappa shape index (κ2) is 6.15. The summed E-state index contributed by atoms with van der Waals surface area (Å²) >= 11 is 7.08. The van der Waals surface area contributed by atoms with Crippen LogP contribution in [0.2, 0.25) is 5.02 Å². The predicted octanol–water partition coefficient (Wildman–Crippen LogP) is 2.81. The van der Waals surface area contributed by atoms with E-state index in [9.17, 15) is 18.3 Å². The second-order valence-electron chi connectivity index (χ2n) is 4.27. The van der Waals surface area contributed by atoms with Crippen LogP contribution in [0, 0.1) is 6.92 Å². The normalized spacial score (nSPS) is 13.0. The van der Waals surface area contributed by atoms with Crippen LogP contribution in [0.4, 0.5) is 0 Å². The molecule has 0 aliphatic rings. The van der Waals surface area contributed by atoms with Gasteiger partial charge < -0.3 is 5.11 Å². The molecule has 0 radical (unpaired) electrons. The first-order valence-electron chi connectivity index (χ1n) is 5.86. The maximum Gasteiger partial charge on any atom is 0.327 e. The van der Waals surface area contributed by atoms with E-state index in [1.54, 1.807) is 30.5 Å². The van der Waals surface area contributed by atoms with E-state index in [1.807, 2.05) is 0 Å². The molecule has 1 atom stereocenters. The van der Waals surface area contributed by atoms with Crippen molar-refractivity contribution in [3.05, 3.63) is 51.2 Å². The quantitative estimate of drug-likeness (QED) is 0.872. The van der Waals surface area contributed by atoms with Crippen LogP contribution >= 0.6 is 22.9 Å². The molecule has 1 unspecified atom stereocenters. The smallest absolute Gasteiger partial charge is 0.327 e. The van der Waals surface area contributed by atoms with E-state index in [1.165, 1.54) is 23.5 Å². The van der Waals surface area contributed by atoms with Gasteiger partial charge in [0.2, 0.25) is 10.0 Å². The Balaban J connectivity index is 2.40. The first-order valence-corrected chi connectivity index (χ1v) is 8.60. The van der Waals surface area contributed by atoms with Crippen molar-refractivity contribution in [1.29, 1.82) is 0 Å². The van der Waals surface area contributed by atoms with Crippen molar-refractivity contribution >= 4 is 38.9 Å². The van der Waals surface area contributed by atoms with Crippen molar-refractivity contribution in [2.45, 2.75) is 17.9 Å². The van der Waals surface area contributed by atoms with E-state index in [-0.39, 0.29) is 4.90 Å². The third-order valence-corrected chi connectivity index (χ3v) is 5.77. The molecule has 1 heterocycles. The molecule has 1 aromatic heterocycles. The zero-order valence-electron chi connectivity index (χ0n) is 10.9. The number of carbonyl (C=O) groups is 1. The van der Waals surface area contributed by atoms with Crippen molar-refractivity contribution in [2.24, 2.45) is 0 Å². The minimum Gasteiger partial charge on any atom is -0.480 e. The maximum absolute atomic E-state index is 12.4. The molecule has 0 saturated heterocycles. The lowest BCUT2D eigenvalue weighted by Crippen LogP contribution is -2.33. The fourth-order valence-electron chi connectivity index (χ4n) is 1.78. The van der Waals surface area contributed by atoms with E-state index in [4.69, 9.17) is 11.6 Å². The van der Waals surface area contributed by atoms with Gasteiger partial charge in [0.05, 0.1) is 4.90 Å². The van der Waals surface area contributed by atoms with Gasteiger partial charge in [0.25, 0.3) is 0 Å². The highest BCUT2D eigenvalue weighted by atomic mass is 35.5. The molecule has 0 aliphatic carbocycles. The summed E-state index contributed by atoms with van der Waals surface area (Å²) in [6.07, 6.45) is 0. The number of hydrogen-bond donors (Lipinski definition) is 2. The predicted molar refractivity (Wildman–Crippen MR) is 81.2 cm³/mol. The van der Waals surface area contributed by atoms with Crippen LogP contribution in [-0.4, -0.2) is 19.5 Å². The third-order valence-electron chi connectivity index (χ3n) is 2.86. The molecule has 112 valence electrons.